The fourth-order valence-corrected chi connectivity index (χ4v) is 2.71. The average molecular weight is 242 g/mol. The van der Waals surface area contributed by atoms with Gasteiger partial charge < -0.3 is 0 Å². The summed E-state index contributed by atoms with van der Waals surface area (Å²) >= 11 is 5.69. The standard InChI is InChI=1S/C12H20ClN3/c1-2-10-3-5-12(6-4-10)16-9-11(7-8-13)14-15-16/h9-10,12H,2-8H2,1H3. The van der Waals surface area contributed by atoms with Gasteiger partial charge in [-0.15, -0.1) is 16.7 Å². The maximum Gasteiger partial charge on any atom is 0.0839 e. The van der Waals surface area contributed by atoms with E-state index in [2.05, 4.69) is 23.4 Å². The Kier molecular flexibility index (Phi) is 4.22. The van der Waals surface area contributed by atoms with E-state index in [-0.39, 0.29) is 0 Å². The van der Waals surface area contributed by atoms with Gasteiger partial charge in [0.15, 0.2) is 0 Å². The van der Waals surface area contributed by atoms with Gasteiger partial charge in [0.05, 0.1) is 11.7 Å². The Hall–Kier alpha value is -0.570. The zero-order chi connectivity index (χ0) is 11.4. The van der Waals surface area contributed by atoms with Crippen LogP contribution in [0.3, 0.4) is 0 Å². The Morgan fingerprint density at radius 2 is 2.12 bits per heavy atom. The first-order valence-electron chi connectivity index (χ1n) is 6.30. The van der Waals surface area contributed by atoms with Crippen LogP contribution in [0.25, 0.3) is 0 Å². The van der Waals surface area contributed by atoms with Crippen molar-refractivity contribution in [3.63, 3.8) is 0 Å². The molecule has 0 atom stereocenters. The SMILES string of the molecule is CCC1CCC(n2cc(CCCl)nn2)CC1. The number of aromatic nitrogens is 3. The summed E-state index contributed by atoms with van der Waals surface area (Å²) in [5, 5.41) is 8.37. The van der Waals surface area contributed by atoms with Crippen LogP contribution < -0.4 is 0 Å². The number of nitrogens with zero attached hydrogens (tertiary/aromatic N) is 3. The molecule has 0 aliphatic heterocycles. The van der Waals surface area contributed by atoms with Crippen LogP contribution in [-0.4, -0.2) is 20.9 Å². The molecule has 1 aromatic heterocycles. The molecule has 16 heavy (non-hydrogen) atoms. The number of halogens is 1. The molecule has 0 amide bonds. The molecule has 1 aliphatic rings. The van der Waals surface area contributed by atoms with Gasteiger partial charge in [0, 0.05) is 18.5 Å². The second-order valence-corrected chi connectivity index (χ2v) is 5.09. The number of hydrogen-bond donors (Lipinski definition) is 0. The van der Waals surface area contributed by atoms with Crippen LogP contribution in [0.5, 0.6) is 0 Å². The third-order valence-corrected chi connectivity index (χ3v) is 3.87. The van der Waals surface area contributed by atoms with Crippen LogP contribution in [0.1, 0.15) is 50.8 Å². The summed E-state index contributed by atoms with van der Waals surface area (Å²) < 4.78 is 2.05. The summed E-state index contributed by atoms with van der Waals surface area (Å²) in [6, 6.07) is 0.569. The van der Waals surface area contributed by atoms with Crippen molar-refractivity contribution in [3.05, 3.63) is 11.9 Å². The first-order chi connectivity index (χ1) is 7.83. The van der Waals surface area contributed by atoms with Crippen LogP contribution in [0.15, 0.2) is 6.20 Å². The van der Waals surface area contributed by atoms with Gasteiger partial charge in [-0.1, -0.05) is 18.6 Å². The minimum atomic E-state index is 0.569. The molecule has 0 spiro atoms. The molecule has 0 radical (unpaired) electrons. The fraction of sp³-hybridized carbons (Fsp3) is 0.833. The second-order valence-electron chi connectivity index (χ2n) is 4.71. The first-order valence-corrected chi connectivity index (χ1v) is 6.83. The number of rotatable bonds is 4. The lowest BCUT2D eigenvalue weighted by molar-refractivity contribution is 0.253. The van der Waals surface area contributed by atoms with Crippen molar-refractivity contribution in [1.29, 1.82) is 0 Å². The molecule has 1 aromatic rings. The molecule has 0 unspecified atom stereocenters. The van der Waals surface area contributed by atoms with Crippen LogP contribution in [0.2, 0.25) is 0 Å². The van der Waals surface area contributed by atoms with Crippen LogP contribution in [0, 0.1) is 5.92 Å². The molecule has 3 nitrogen and oxygen atoms in total. The topological polar surface area (TPSA) is 30.7 Å². The van der Waals surface area contributed by atoms with E-state index in [0.717, 1.165) is 18.0 Å². The fourth-order valence-electron chi connectivity index (χ4n) is 2.52. The van der Waals surface area contributed by atoms with Crippen molar-refractivity contribution in [2.75, 3.05) is 5.88 Å². The molecule has 0 N–H and O–H groups in total. The monoisotopic (exact) mass is 241 g/mol. The van der Waals surface area contributed by atoms with Crippen molar-refractivity contribution in [3.8, 4) is 0 Å². The number of alkyl halides is 1. The zero-order valence-corrected chi connectivity index (χ0v) is 10.7. The summed E-state index contributed by atoms with van der Waals surface area (Å²) in [4.78, 5) is 0. The van der Waals surface area contributed by atoms with Gasteiger partial charge in [-0.05, 0) is 31.6 Å². The van der Waals surface area contributed by atoms with Crippen LogP contribution >= 0.6 is 11.6 Å². The highest BCUT2D eigenvalue weighted by Crippen LogP contribution is 2.33. The minimum absolute atomic E-state index is 0.569. The van der Waals surface area contributed by atoms with E-state index in [1.54, 1.807) is 0 Å². The van der Waals surface area contributed by atoms with E-state index in [9.17, 15) is 0 Å². The van der Waals surface area contributed by atoms with Crippen LogP contribution in [-0.2, 0) is 6.42 Å². The molecule has 90 valence electrons. The molecule has 4 heteroatoms. The van der Waals surface area contributed by atoms with Crippen molar-refractivity contribution < 1.29 is 0 Å². The highest BCUT2D eigenvalue weighted by Gasteiger charge is 2.21. The predicted octanol–water partition coefficient (Wildman–Crippen LogP) is 3.20. The Bertz CT molecular complexity index is 316. The van der Waals surface area contributed by atoms with E-state index < -0.39 is 0 Å². The summed E-state index contributed by atoms with van der Waals surface area (Å²) in [6.07, 6.45) is 9.40. The third-order valence-electron chi connectivity index (χ3n) is 3.68. The van der Waals surface area contributed by atoms with Crippen molar-refractivity contribution in [2.45, 2.75) is 51.5 Å². The van der Waals surface area contributed by atoms with E-state index in [0.29, 0.717) is 11.9 Å². The summed E-state index contributed by atoms with van der Waals surface area (Å²) in [7, 11) is 0. The van der Waals surface area contributed by atoms with Gasteiger partial charge in [-0.3, -0.25) is 0 Å². The lowest BCUT2D eigenvalue weighted by Crippen LogP contribution is -2.18. The third kappa shape index (κ3) is 2.76. The second kappa shape index (κ2) is 5.67. The summed E-state index contributed by atoms with van der Waals surface area (Å²) in [5.41, 5.74) is 1.02. The van der Waals surface area contributed by atoms with E-state index in [1.165, 1.54) is 32.1 Å². The Morgan fingerprint density at radius 1 is 1.38 bits per heavy atom. The van der Waals surface area contributed by atoms with Gasteiger partial charge in [0.1, 0.15) is 0 Å². The van der Waals surface area contributed by atoms with Gasteiger partial charge in [-0.25, -0.2) is 4.68 Å². The Morgan fingerprint density at radius 3 is 2.75 bits per heavy atom. The van der Waals surface area contributed by atoms with Gasteiger partial charge in [0.2, 0.25) is 0 Å². The summed E-state index contributed by atoms with van der Waals surface area (Å²) in [5.74, 6) is 1.56. The van der Waals surface area contributed by atoms with Crippen LogP contribution in [0.4, 0.5) is 0 Å². The predicted molar refractivity (Wildman–Crippen MR) is 65.7 cm³/mol. The molecular weight excluding hydrogens is 222 g/mol. The molecule has 1 saturated carbocycles. The Labute approximate surface area is 102 Å². The molecule has 1 heterocycles. The molecule has 2 rings (SSSR count). The lowest BCUT2D eigenvalue weighted by Gasteiger charge is -2.27. The van der Waals surface area contributed by atoms with Gasteiger partial charge in [-0.2, -0.15) is 0 Å². The van der Waals surface area contributed by atoms with E-state index >= 15 is 0 Å². The normalized spacial score (nSPS) is 25.9. The van der Waals surface area contributed by atoms with E-state index in [4.69, 9.17) is 11.6 Å². The maximum absolute atomic E-state index is 5.69. The Balaban J connectivity index is 1.92. The first kappa shape index (κ1) is 11.9. The largest absolute Gasteiger partial charge is 0.249 e. The van der Waals surface area contributed by atoms with Crippen molar-refractivity contribution >= 4 is 11.6 Å². The smallest absolute Gasteiger partial charge is 0.0839 e. The highest BCUT2D eigenvalue weighted by atomic mass is 35.5. The van der Waals surface area contributed by atoms with E-state index in [1.807, 2.05) is 4.68 Å². The minimum Gasteiger partial charge on any atom is -0.249 e. The molecule has 1 fully saturated rings. The lowest BCUT2D eigenvalue weighted by atomic mass is 9.85. The average Bonchev–Trinajstić information content (AvgIpc) is 2.78. The van der Waals surface area contributed by atoms with Gasteiger partial charge >= 0.3 is 0 Å². The highest BCUT2D eigenvalue weighted by molar-refractivity contribution is 6.17. The molecule has 0 aromatic carbocycles. The van der Waals surface area contributed by atoms with Crippen molar-refractivity contribution in [1.82, 2.24) is 15.0 Å². The number of hydrogen-bond acceptors (Lipinski definition) is 2. The maximum atomic E-state index is 5.69. The summed E-state index contributed by atoms with van der Waals surface area (Å²) in [6.45, 7) is 2.29. The van der Waals surface area contributed by atoms with Crippen molar-refractivity contribution in [2.24, 2.45) is 5.92 Å². The van der Waals surface area contributed by atoms with Gasteiger partial charge in [0.25, 0.3) is 0 Å². The molecule has 0 bridgehead atoms. The molecule has 0 saturated heterocycles. The zero-order valence-electron chi connectivity index (χ0n) is 9.90. The quantitative estimate of drug-likeness (QED) is 0.758. The molecule has 1 aliphatic carbocycles. The number of aryl methyl sites for hydroxylation is 1. The molecular formula is C12H20ClN3.